The largest absolute Gasteiger partial charge is 0.493 e. The number of nitrogens with one attached hydrogen (secondary N) is 2. The summed E-state index contributed by atoms with van der Waals surface area (Å²) < 4.78 is 11.8. The highest BCUT2D eigenvalue weighted by atomic mass is 16.5. The summed E-state index contributed by atoms with van der Waals surface area (Å²) in [7, 11) is 0. The zero-order chi connectivity index (χ0) is 25.9. The molecule has 2 aromatic carbocycles. The third kappa shape index (κ3) is 5.35. The number of aliphatic imine (C=N–C) groups is 1. The lowest BCUT2D eigenvalue weighted by Gasteiger charge is -2.30. The highest BCUT2D eigenvalue weighted by Gasteiger charge is 2.41. The summed E-state index contributed by atoms with van der Waals surface area (Å²) in [5.74, 6) is 2.19. The van der Waals surface area contributed by atoms with Crippen LogP contribution >= 0.6 is 0 Å². The predicted octanol–water partition coefficient (Wildman–Crippen LogP) is 4.86. The number of fused-ring (bicyclic) bond motifs is 2. The van der Waals surface area contributed by atoms with Crippen molar-refractivity contribution in [2.24, 2.45) is 10.7 Å². The van der Waals surface area contributed by atoms with E-state index in [1.807, 2.05) is 26.0 Å². The fourth-order valence-electron chi connectivity index (χ4n) is 5.05. The molecule has 1 atom stereocenters. The van der Waals surface area contributed by atoms with Gasteiger partial charge in [-0.1, -0.05) is 38.6 Å². The Kier molecular flexibility index (Phi) is 7.29. The lowest BCUT2D eigenvalue weighted by Crippen LogP contribution is -2.48. The molecule has 0 saturated heterocycles. The molecule has 36 heavy (non-hydrogen) atoms. The molecule has 4 N–H and O–H groups in total. The summed E-state index contributed by atoms with van der Waals surface area (Å²) in [4.78, 5) is 15.4. The zero-order valence-corrected chi connectivity index (χ0v) is 21.8. The van der Waals surface area contributed by atoms with Gasteiger partial charge < -0.3 is 20.5 Å². The second-order valence-corrected chi connectivity index (χ2v) is 10.2. The number of nitrogens with zero attached hydrogens (tertiary/aromatic N) is 1. The Bertz CT molecular complexity index is 1170. The molecule has 0 saturated carbocycles. The SMILES string of the molecule is C=C(NC1c2ccccc2OC1(C)C)c1ccc2c(c1)CCCO2.CCC1(CC)CC(=O)NC(N)=N1. The van der Waals surface area contributed by atoms with Gasteiger partial charge in [0.2, 0.25) is 5.91 Å². The van der Waals surface area contributed by atoms with Crippen LogP contribution in [-0.2, 0) is 11.2 Å². The maximum absolute atomic E-state index is 11.1. The fraction of sp³-hybridized carbons (Fsp3) is 0.448. The second kappa shape index (κ2) is 10.2. The van der Waals surface area contributed by atoms with E-state index in [-0.39, 0.29) is 29.0 Å². The van der Waals surface area contributed by atoms with Crippen LogP contribution in [0.3, 0.4) is 0 Å². The minimum Gasteiger partial charge on any atom is -0.493 e. The maximum Gasteiger partial charge on any atom is 0.229 e. The molecule has 192 valence electrons. The van der Waals surface area contributed by atoms with Crippen molar-refractivity contribution in [1.29, 1.82) is 0 Å². The molecule has 0 aliphatic carbocycles. The number of hydrogen-bond donors (Lipinski definition) is 3. The Morgan fingerprint density at radius 1 is 1.19 bits per heavy atom. The summed E-state index contributed by atoms with van der Waals surface area (Å²) >= 11 is 0. The van der Waals surface area contributed by atoms with Crippen molar-refractivity contribution in [2.75, 3.05) is 6.61 Å². The van der Waals surface area contributed by atoms with E-state index in [0.29, 0.717) is 6.42 Å². The van der Waals surface area contributed by atoms with Crippen LogP contribution in [0.5, 0.6) is 11.5 Å². The van der Waals surface area contributed by atoms with Crippen LogP contribution in [0, 0.1) is 0 Å². The lowest BCUT2D eigenvalue weighted by molar-refractivity contribution is -0.121. The number of hydrogen-bond acceptors (Lipinski definition) is 6. The molecule has 0 aromatic heterocycles. The number of rotatable bonds is 5. The van der Waals surface area contributed by atoms with Crippen molar-refractivity contribution in [3.63, 3.8) is 0 Å². The van der Waals surface area contributed by atoms with Crippen molar-refractivity contribution in [1.82, 2.24) is 10.6 Å². The molecule has 5 rings (SSSR count). The Balaban J connectivity index is 0.000000214. The average molecular weight is 491 g/mol. The van der Waals surface area contributed by atoms with Gasteiger partial charge >= 0.3 is 0 Å². The van der Waals surface area contributed by atoms with E-state index >= 15 is 0 Å². The summed E-state index contributed by atoms with van der Waals surface area (Å²) in [6.07, 6.45) is 4.32. The smallest absolute Gasteiger partial charge is 0.229 e. The maximum atomic E-state index is 11.1. The molecule has 2 aromatic rings. The molecular weight excluding hydrogens is 452 g/mol. The van der Waals surface area contributed by atoms with E-state index in [4.69, 9.17) is 15.2 Å². The fourth-order valence-corrected chi connectivity index (χ4v) is 5.05. The summed E-state index contributed by atoms with van der Waals surface area (Å²) in [5.41, 5.74) is 9.39. The molecule has 0 spiro atoms. The molecule has 1 unspecified atom stereocenters. The van der Waals surface area contributed by atoms with E-state index in [2.05, 4.69) is 66.4 Å². The van der Waals surface area contributed by atoms with E-state index in [1.54, 1.807) is 0 Å². The van der Waals surface area contributed by atoms with Crippen molar-refractivity contribution >= 4 is 17.6 Å². The van der Waals surface area contributed by atoms with Crippen LogP contribution in [0.1, 0.15) is 76.1 Å². The van der Waals surface area contributed by atoms with Crippen LogP contribution in [0.25, 0.3) is 5.70 Å². The van der Waals surface area contributed by atoms with Crippen LogP contribution in [0.2, 0.25) is 0 Å². The van der Waals surface area contributed by atoms with Crippen LogP contribution < -0.4 is 25.8 Å². The molecule has 1 amide bonds. The Morgan fingerprint density at radius 3 is 2.67 bits per heavy atom. The first kappa shape index (κ1) is 25.6. The molecule has 0 radical (unpaired) electrons. The first-order valence-corrected chi connectivity index (χ1v) is 12.8. The zero-order valence-electron chi connectivity index (χ0n) is 21.8. The third-order valence-electron chi connectivity index (χ3n) is 7.30. The number of ether oxygens (including phenoxy) is 2. The quantitative estimate of drug-likeness (QED) is 0.556. The van der Waals surface area contributed by atoms with Crippen molar-refractivity contribution in [3.8, 4) is 11.5 Å². The van der Waals surface area contributed by atoms with Gasteiger partial charge in [0.1, 0.15) is 17.1 Å². The molecule has 3 aliphatic heterocycles. The molecule has 0 bridgehead atoms. The van der Waals surface area contributed by atoms with Gasteiger partial charge in [0.25, 0.3) is 0 Å². The number of para-hydroxylation sites is 1. The summed E-state index contributed by atoms with van der Waals surface area (Å²) in [6, 6.07) is 14.6. The van der Waals surface area contributed by atoms with Crippen molar-refractivity contribution in [2.45, 2.75) is 77.0 Å². The van der Waals surface area contributed by atoms with Gasteiger partial charge in [-0.25, -0.2) is 4.99 Å². The number of guanidine groups is 1. The van der Waals surface area contributed by atoms with Crippen LogP contribution in [0.15, 0.2) is 54.0 Å². The second-order valence-electron chi connectivity index (χ2n) is 10.2. The summed E-state index contributed by atoms with van der Waals surface area (Å²) in [6.45, 7) is 13.4. The standard InChI is InChI=1S/C21H23NO2.C8H15N3O/c1-14(15-10-11-18-16(13-15)7-6-12-23-18)22-20-17-8-4-5-9-19(17)24-21(20,2)3;1-3-8(4-2)5-6(12)10-7(9)11-8/h4-5,8-11,13,20,22H,1,6-7,12H2,2-3H3;3-5H2,1-2H3,(H3,9,10,11,12). The van der Waals surface area contributed by atoms with E-state index in [9.17, 15) is 4.79 Å². The summed E-state index contributed by atoms with van der Waals surface area (Å²) in [5, 5.41) is 6.08. The van der Waals surface area contributed by atoms with Gasteiger partial charge in [0.15, 0.2) is 5.96 Å². The Morgan fingerprint density at radius 2 is 1.94 bits per heavy atom. The van der Waals surface area contributed by atoms with Crippen molar-refractivity contribution < 1.29 is 14.3 Å². The van der Waals surface area contributed by atoms with Gasteiger partial charge in [-0.15, -0.1) is 0 Å². The highest BCUT2D eigenvalue weighted by molar-refractivity contribution is 5.98. The number of amides is 1. The van der Waals surface area contributed by atoms with E-state index in [1.165, 1.54) is 11.1 Å². The van der Waals surface area contributed by atoms with E-state index < -0.39 is 0 Å². The monoisotopic (exact) mass is 490 g/mol. The van der Waals surface area contributed by atoms with Crippen LogP contribution in [-0.4, -0.2) is 29.6 Å². The van der Waals surface area contributed by atoms with Crippen molar-refractivity contribution in [3.05, 3.63) is 65.7 Å². The minimum absolute atomic E-state index is 0.0220. The first-order valence-electron chi connectivity index (χ1n) is 12.8. The average Bonchev–Trinajstić information content (AvgIpc) is 3.12. The van der Waals surface area contributed by atoms with Gasteiger partial charge in [-0.05, 0) is 74.9 Å². The van der Waals surface area contributed by atoms with Gasteiger partial charge in [0.05, 0.1) is 24.6 Å². The molecule has 3 heterocycles. The molecule has 7 heteroatoms. The highest BCUT2D eigenvalue weighted by Crippen LogP contribution is 2.43. The van der Waals surface area contributed by atoms with Gasteiger partial charge in [-0.3, -0.25) is 10.1 Å². The number of carbonyl (C=O) groups excluding carboxylic acids is 1. The van der Waals surface area contributed by atoms with Gasteiger partial charge in [0, 0.05) is 11.3 Å². The lowest BCUT2D eigenvalue weighted by atomic mass is 9.88. The Labute approximate surface area is 214 Å². The number of nitrogens with two attached hydrogens (primary N) is 1. The Hall–Kier alpha value is -3.48. The topological polar surface area (TPSA) is 98.0 Å². The van der Waals surface area contributed by atoms with Gasteiger partial charge in [-0.2, -0.15) is 0 Å². The normalized spacial score (nSPS) is 20.7. The molecular formula is C29H38N4O3. The first-order chi connectivity index (χ1) is 17.2. The molecule has 0 fully saturated rings. The molecule has 3 aliphatic rings. The predicted molar refractivity (Wildman–Crippen MR) is 144 cm³/mol. The van der Waals surface area contributed by atoms with Crippen LogP contribution in [0.4, 0.5) is 0 Å². The number of carbonyl (C=O) groups is 1. The third-order valence-corrected chi connectivity index (χ3v) is 7.30. The van der Waals surface area contributed by atoms with E-state index in [0.717, 1.165) is 55.0 Å². The number of benzene rings is 2. The minimum atomic E-state index is -0.316. The molecule has 7 nitrogen and oxygen atoms in total. The number of aryl methyl sites for hydroxylation is 1.